The zero-order valence-electron chi connectivity index (χ0n) is 21.6. The van der Waals surface area contributed by atoms with Crippen LogP contribution in [0.4, 0.5) is 0 Å². The average Bonchev–Trinajstić information content (AvgIpc) is 2.96. The van der Waals surface area contributed by atoms with Gasteiger partial charge in [-0.2, -0.15) is 0 Å². The van der Waals surface area contributed by atoms with Crippen molar-refractivity contribution < 1.29 is 19.7 Å². The summed E-state index contributed by atoms with van der Waals surface area (Å²) in [5.41, 5.74) is 8.75. The first-order valence-corrected chi connectivity index (χ1v) is 12.9. The van der Waals surface area contributed by atoms with Gasteiger partial charge in [-0.05, 0) is 70.5 Å². The number of rotatable bonds is 4. The van der Waals surface area contributed by atoms with Crippen LogP contribution in [0.15, 0.2) is 96.1 Å². The number of benzene rings is 4. The highest BCUT2D eigenvalue weighted by Gasteiger charge is 2.26. The molecule has 2 N–H and O–H groups in total. The molecule has 0 aromatic heterocycles. The minimum Gasteiger partial charge on any atom is -0.507 e. The van der Waals surface area contributed by atoms with E-state index in [4.69, 9.17) is 9.47 Å². The maximum atomic E-state index is 11.3. The first-order valence-electron chi connectivity index (χ1n) is 12.9. The Morgan fingerprint density at radius 2 is 0.947 bits per heavy atom. The van der Waals surface area contributed by atoms with Gasteiger partial charge in [0.2, 0.25) is 0 Å². The number of fused-ring (bicyclic) bond motifs is 2. The van der Waals surface area contributed by atoms with E-state index in [2.05, 4.69) is 36.4 Å². The molecular weight excluding hydrogens is 472 g/mol. The fraction of sp³-hybridized carbons (Fsp3) is 0.176. The molecule has 0 amide bonds. The second-order valence-electron chi connectivity index (χ2n) is 9.90. The van der Waals surface area contributed by atoms with Crippen molar-refractivity contribution in [2.24, 2.45) is 0 Å². The number of ether oxygens (including phenoxy) is 2. The van der Waals surface area contributed by atoms with Gasteiger partial charge in [0.05, 0.1) is 14.2 Å². The topological polar surface area (TPSA) is 58.9 Å². The van der Waals surface area contributed by atoms with Gasteiger partial charge in [0, 0.05) is 34.7 Å². The van der Waals surface area contributed by atoms with Crippen LogP contribution in [0.3, 0.4) is 0 Å². The maximum absolute atomic E-state index is 11.3. The largest absolute Gasteiger partial charge is 0.507 e. The number of phenolic OH excluding ortho intramolecular Hbond substituents is 2. The third kappa shape index (κ3) is 4.22. The van der Waals surface area contributed by atoms with E-state index in [1.54, 1.807) is 14.2 Å². The van der Waals surface area contributed by atoms with Gasteiger partial charge in [0.1, 0.15) is 23.0 Å². The van der Waals surface area contributed by atoms with E-state index in [-0.39, 0.29) is 11.5 Å². The number of aromatic hydroxyl groups is 2. The van der Waals surface area contributed by atoms with E-state index in [9.17, 15) is 10.2 Å². The van der Waals surface area contributed by atoms with Gasteiger partial charge in [-0.1, -0.05) is 60.7 Å². The first kappa shape index (κ1) is 23.9. The molecule has 0 radical (unpaired) electrons. The smallest absolute Gasteiger partial charge is 0.127 e. The van der Waals surface area contributed by atoms with Gasteiger partial charge in [-0.15, -0.1) is 0 Å². The Morgan fingerprint density at radius 3 is 1.32 bits per heavy atom. The fourth-order valence-electron chi connectivity index (χ4n) is 5.68. The summed E-state index contributed by atoms with van der Waals surface area (Å²) >= 11 is 0. The van der Waals surface area contributed by atoms with Gasteiger partial charge in [0.25, 0.3) is 0 Å². The summed E-state index contributed by atoms with van der Waals surface area (Å²) in [6.07, 6.45) is 7.44. The van der Waals surface area contributed by atoms with E-state index < -0.39 is 0 Å². The van der Waals surface area contributed by atoms with Gasteiger partial charge >= 0.3 is 0 Å². The molecule has 6 rings (SSSR count). The number of phenols is 2. The summed E-state index contributed by atoms with van der Waals surface area (Å²) in [7, 11) is 3.36. The van der Waals surface area contributed by atoms with Crippen LogP contribution in [0.25, 0.3) is 21.9 Å². The van der Waals surface area contributed by atoms with E-state index in [0.29, 0.717) is 23.6 Å². The molecule has 2 aliphatic carbocycles. The van der Waals surface area contributed by atoms with Crippen LogP contribution < -0.4 is 9.47 Å². The molecule has 0 atom stereocenters. The molecule has 190 valence electrons. The van der Waals surface area contributed by atoms with Crippen molar-refractivity contribution in [3.63, 3.8) is 0 Å². The molecule has 0 spiro atoms. The third-order valence-electron chi connectivity index (χ3n) is 7.80. The van der Waals surface area contributed by atoms with Crippen molar-refractivity contribution in [2.75, 3.05) is 14.2 Å². The predicted molar refractivity (Wildman–Crippen MR) is 153 cm³/mol. The Labute approximate surface area is 222 Å². The Kier molecular flexibility index (Phi) is 6.16. The molecule has 38 heavy (non-hydrogen) atoms. The van der Waals surface area contributed by atoms with Gasteiger partial charge in [-0.25, -0.2) is 0 Å². The second kappa shape index (κ2) is 9.79. The summed E-state index contributed by atoms with van der Waals surface area (Å²) in [5, 5.41) is 23.9. The molecule has 0 fully saturated rings. The molecule has 0 unspecified atom stereocenters. The molecule has 4 heteroatoms. The summed E-state index contributed by atoms with van der Waals surface area (Å²) in [5.74, 6) is 2.19. The molecule has 4 aromatic rings. The van der Waals surface area contributed by atoms with Crippen molar-refractivity contribution in [2.45, 2.75) is 25.7 Å². The standard InChI is InChI=1S/C34H30O4/c1-37-27-13-9-21(10-14-27)23-7-8-24(22-11-15-28(38-2)16-12-22)18-26-20-32-31(19-25(26)17-23)33(35)29-5-3-4-6-30(29)34(32)36/h3-6,9-18,35-36H,7-8,19-20H2,1-2H3/b23-17+,24-18+. The SMILES string of the molecule is COc1ccc(/C2=C/C3=C(/C=C(/c4ccc(OC)cc4)CC2)Cc2c(c(O)c4ccccc4c2O)C3)cc1. The Bertz CT molecular complexity index is 1500. The van der Waals surface area contributed by atoms with Crippen LogP contribution in [0.1, 0.15) is 35.1 Å². The van der Waals surface area contributed by atoms with Gasteiger partial charge in [-0.3, -0.25) is 0 Å². The van der Waals surface area contributed by atoms with Crippen molar-refractivity contribution in [3.8, 4) is 23.0 Å². The lowest BCUT2D eigenvalue weighted by Crippen LogP contribution is -2.10. The van der Waals surface area contributed by atoms with Crippen molar-refractivity contribution in [1.29, 1.82) is 0 Å². The Morgan fingerprint density at radius 1 is 0.553 bits per heavy atom. The summed E-state index contributed by atoms with van der Waals surface area (Å²) < 4.78 is 10.8. The number of allylic oxidation sites excluding steroid dienone is 6. The molecule has 4 nitrogen and oxygen atoms in total. The molecular formula is C34H30O4. The van der Waals surface area contributed by atoms with Crippen molar-refractivity contribution >= 4 is 21.9 Å². The Balaban J connectivity index is 1.50. The molecule has 0 saturated heterocycles. The number of methoxy groups -OCH3 is 2. The number of hydrogen-bond acceptors (Lipinski definition) is 4. The average molecular weight is 503 g/mol. The normalized spacial score (nSPS) is 17.8. The fourth-order valence-corrected chi connectivity index (χ4v) is 5.68. The highest BCUT2D eigenvalue weighted by molar-refractivity contribution is 5.96. The molecule has 0 aliphatic heterocycles. The molecule has 0 saturated carbocycles. The molecule has 0 heterocycles. The van der Waals surface area contributed by atoms with Crippen molar-refractivity contribution in [3.05, 3.63) is 118 Å². The highest BCUT2D eigenvalue weighted by Crippen LogP contribution is 2.46. The lowest BCUT2D eigenvalue weighted by Gasteiger charge is -2.26. The molecule has 4 aromatic carbocycles. The predicted octanol–water partition coefficient (Wildman–Crippen LogP) is 7.62. The summed E-state index contributed by atoms with van der Waals surface area (Å²) in [6, 6.07) is 23.9. The van der Waals surface area contributed by atoms with Gasteiger partial charge in [0.15, 0.2) is 0 Å². The van der Waals surface area contributed by atoms with E-state index in [1.807, 2.05) is 48.5 Å². The monoisotopic (exact) mass is 502 g/mol. The van der Waals surface area contributed by atoms with Crippen LogP contribution in [0.5, 0.6) is 23.0 Å². The lowest BCUT2D eigenvalue weighted by atomic mass is 9.79. The van der Waals surface area contributed by atoms with E-state index in [0.717, 1.165) is 46.6 Å². The van der Waals surface area contributed by atoms with Gasteiger partial charge < -0.3 is 19.7 Å². The minimum absolute atomic E-state index is 0.265. The van der Waals surface area contributed by atoms with Crippen LogP contribution in [0.2, 0.25) is 0 Å². The zero-order valence-corrected chi connectivity index (χ0v) is 21.6. The summed E-state index contributed by atoms with van der Waals surface area (Å²) in [6.45, 7) is 0. The summed E-state index contributed by atoms with van der Waals surface area (Å²) in [4.78, 5) is 0. The van der Waals surface area contributed by atoms with Crippen LogP contribution in [-0.2, 0) is 12.8 Å². The van der Waals surface area contributed by atoms with Crippen LogP contribution in [0, 0.1) is 0 Å². The quantitative estimate of drug-likeness (QED) is 0.282. The Hall–Kier alpha value is -4.44. The van der Waals surface area contributed by atoms with E-state index >= 15 is 0 Å². The highest BCUT2D eigenvalue weighted by atomic mass is 16.5. The van der Waals surface area contributed by atoms with E-state index in [1.165, 1.54) is 22.3 Å². The van der Waals surface area contributed by atoms with Crippen LogP contribution in [-0.4, -0.2) is 24.4 Å². The van der Waals surface area contributed by atoms with Crippen LogP contribution >= 0.6 is 0 Å². The third-order valence-corrected chi connectivity index (χ3v) is 7.80. The molecule has 2 aliphatic rings. The lowest BCUT2D eigenvalue weighted by molar-refractivity contribution is 0.414. The number of hydrogen-bond donors (Lipinski definition) is 2. The minimum atomic E-state index is 0.265. The zero-order chi connectivity index (χ0) is 26.2. The first-order chi connectivity index (χ1) is 18.6. The second-order valence-corrected chi connectivity index (χ2v) is 9.90. The molecule has 0 bridgehead atoms. The van der Waals surface area contributed by atoms with Crippen molar-refractivity contribution in [1.82, 2.24) is 0 Å². The maximum Gasteiger partial charge on any atom is 0.127 e.